The first kappa shape index (κ1) is 13.0. The van der Waals surface area contributed by atoms with Gasteiger partial charge in [-0.2, -0.15) is 0 Å². The summed E-state index contributed by atoms with van der Waals surface area (Å²) in [6, 6.07) is 4.41. The Labute approximate surface area is 98.9 Å². The minimum atomic E-state index is -2.47. The van der Waals surface area contributed by atoms with Crippen LogP contribution in [-0.4, -0.2) is 17.9 Å². The third-order valence-electron chi connectivity index (χ3n) is 1.85. The van der Waals surface area contributed by atoms with Crippen LogP contribution in [0.2, 0.25) is 0 Å². The molecule has 0 amide bonds. The van der Waals surface area contributed by atoms with Gasteiger partial charge in [-0.1, -0.05) is 15.9 Å². The summed E-state index contributed by atoms with van der Waals surface area (Å²) in [7, 11) is 0. The maximum Gasteiger partial charge on any atom is 0.273 e. The van der Waals surface area contributed by atoms with Crippen molar-refractivity contribution in [2.45, 2.75) is 13.0 Å². The molecule has 0 heterocycles. The molecule has 0 unspecified atom stereocenters. The summed E-state index contributed by atoms with van der Waals surface area (Å²) in [5.41, 5.74) is 0.296. The minimum Gasteiger partial charge on any atom is -0.307 e. The van der Waals surface area contributed by atoms with E-state index in [0.29, 0.717) is 10.0 Å². The lowest BCUT2D eigenvalue weighted by Crippen LogP contribution is -2.21. The number of hydrogen-bond acceptors (Lipinski definition) is 3. The highest BCUT2D eigenvalue weighted by atomic mass is 79.9. The molecular weight excluding hydrogens is 286 g/mol. The summed E-state index contributed by atoms with van der Waals surface area (Å²) in [5, 5.41) is 13.1. The fraction of sp³-hybridized carbons (Fsp3) is 0.333. The number of alkyl halides is 2. The Kier molecular flexibility index (Phi) is 4.75. The second kappa shape index (κ2) is 5.86. The van der Waals surface area contributed by atoms with Gasteiger partial charge in [0, 0.05) is 22.6 Å². The molecule has 0 atom stereocenters. The van der Waals surface area contributed by atoms with E-state index in [0.717, 1.165) is 0 Å². The van der Waals surface area contributed by atoms with E-state index in [1.165, 1.54) is 18.2 Å². The first-order chi connectivity index (χ1) is 7.50. The molecule has 0 fully saturated rings. The first-order valence-corrected chi connectivity index (χ1v) is 5.21. The zero-order valence-electron chi connectivity index (χ0n) is 8.12. The van der Waals surface area contributed by atoms with Gasteiger partial charge in [0.25, 0.3) is 12.1 Å². The van der Waals surface area contributed by atoms with Crippen LogP contribution in [0.25, 0.3) is 0 Å². The summed E-state index contributed by atoms with van der Waals surface area (Å²) >= 11 is 3.17. The topological polar surface area (TPSA) is 55.2 Å². The third-order valence-corrected chi connectivity index (χ3v) is 2.35. The van der Waals surface area contributed by atoms with Crippen molar-refractivity contribution in [1.29, 1.82) is 0 Å². The summed E-state index contributed by atoms with van der Waals surface area (Å²) in [4.78, 5) is 10.1. The van der Waals surface area contributed by atoms with Crippen LogP contribution in [-0.2, 0) is 6.54 Å². The number of benzene rings is 1. The Morgan fingerprint density at radius 1 is 1.50 bits per heavy atom. The van der Waals surface area contributed by atoms with Crippen molar-refractivity contribution in [2.75, 3.05) is 6.54 Å². The summed E-state index contributed by atoms with van der Waals surface area (Å²) in [6.07, 6.45) is -2.47. The van der Waals surface area contributed by atoms with Gasteiger partial charge < -0.3 is 5.32 Å². The Hall–Kier alpha value is -1.08. The maximum atomic E-state index is 11.9. The monoisotopic (exact) mass is 294 g/mol. The quantitative estimate of drug-likeness (QED) is 0.671. The van der Waals surface area contributed by atoms with E-state index >= 15 is 0 Å². The lowest BCUT2D eigenvalue weighted by atomic mass is 10.2. The Morgan fingerprint density at radius 2 is 2.19 bits per heavy atom. The minimum absolute atomic E-state index is 0.0418. The van der Waals surface area contributed by atoms with Gasteiger partial charge in [-0.3, -0.25) is 10.1 Å². The van der Waals surface area contributed by atoms with E-state index in [-0.39, 0.29) is 12.2 Å². The van der Waals surface area contributed by atoms with E-state index in [1.54, 1.807) is 0 Å². The molecular formula is C9H9BrF2N2O2. The van der Waals surface area contributed by atoms with Crippen LogP contribution in [0.15, 0.2) is 22.7 Å². The van der Waals surface area contributed by atoms with Gasteiger partial charge in [0.15, 0.2) is 0 Å². The molecule has 0 saturated heterocycles. The maximum absolute atomic E-state index is 11.9. The highest BCUT2D eigenvalue weighted by Gasteiger charge is 2.13. The molecule has 7 heteroatoms. The van der Waals surface area contributed by atoms with E-state index < -0.39 is 17.9 Å². The summed E-state index contributed by atoms with van der Waals surface area (Å²) < 4.78 is 24.4. The second-order valence-electron chi connectivity index (χ2n) is 3.05. The zero-order valence-corrected chi connectivity index (χ0v) is 9.71. The van der Waals surface area contributed by atoms with Crippen LogP contribution >= 0.6 is 15.9 Å². The second-order valence-corrected chi connectivity index (χ2v) is 3.97. The molecule has 1 rings (SSSR count). The van der Waals surface area contributed by atoms with Crippen molar-refractivity contribution >= 4 is 21.6 Å². The lowest BCUT2D eigenvalue weighted by Gasteiger charge is -2.05. The number of hydrogen-bond donors (Lipinski definition) is 1. The van der Waals surface area contributed by atoms with E-state index in [9.17, 15) is 18.9 Å². The van der Waals surface area contributed by atoms with E-state index in [2.05, 4.69) is 21.2 Å². The van der Waals surface area contributed by atoms with Crippen molar-refractivity contribution in [2.24, 2.45) is 0 Å². The van der Waals surface area contributed by atoms with Crippen molar-refractivity contribution in [3.8, 4) is 0 Å². The number of rotatable bonds is 5. The Bertz CT molecular complexity index is 388. The first-order valence-electron chi connectivity index (χ1n) is 4.42. The van der Waals surface area contributed by atoms with Crippen molar-refractivity contribution in [3.63, 3.8) is 0 Å². The highest BCUT2D eigenvalue weighted by Crippen LogP contribution is 2.22. The summed E-state index contributed by atoms with van der Waals surface area (Å²) in [5.74, 6) is 0. The number of nitro benzene ring substituents is 1. The molecule has 4 nitrogen and oxygen atoms in total. The van der Waals surface area contributed by atoms with Crippen LogP contribution in [0.1, 0.15) is 5.56 Å². The lowest BCUT2D eigenvalue weighted by molar-refractivity contribution is -0.385. The molecule has 0 spiro atoms. The molecule has 0 saturated carbocycles. The van der Waals surface area contributed by atoms with Crippen molar-refractivity contribution < 1.29 is 13.7 Å². The molecule has 16 heavy (non-hydrogen) atoms. The van der Waals surface area contributed by atoms with Crippen LogP contribution in [0, 0.1) is 10.1 Å². The molecule has 1 aromatic carbocycles. The molecule has 0 aromatic heterocycles. The van der Waals surface area contributed by atoms with Crippen LogP contribution in [0.3, 0.4) is 0 Å². The van der Waals surface area contributed by atoms with Crippen LogP contribution in [0.5, 0.6) is 0 Å². The third kappa shape index (κ3) is 3.82. The van der Waals surface area contributed by atoms with Gasteiger partial charge >= 0.3 is 0 Å². The van der Waals surface area contributed by atoms with Gasteiger partial charge in [-0.05, 0) is 12.1 Å². The molecule has 0 aliphatic rings. The average Bonchev–Trinajstić information content (AvgIpc) is 2.16. The number of halogens is 3. The molecule has 0 bridgehead atoms. The fourth-order valence-corrected chi connectivity index (χ4v) is 1.60. The van der Waals surface area contributed by atoms with Gasteiger partial charge in [0.1, 0.15) is 0 Å². The number of nitrogens with zero attached hydrogens (tertiary/aromatic N) is 1. The molecule has 88 valence electrons. The average molecular weight is 295 g/mol. The molecule has 0 aliphatic carbocycles. The zero-order chi connectivity index (χ0) is 12.1. The van der Waals surface area contributed by atoms with Gasteiger partial charge in [0.2, 0.25) is 0 Å². The SMILES string of the molecule is O=[N+]([O-])c1ccc(Br)cc1CNCC(F)F. The molecule has 1 N–H and O–H groups in total. The standard InChI is InChI=1S/C9H9BrF2N2O2/c10-7-1-2-8(14(15)16)6(3-7)4-13-5-9(11)12/h1-3,9,13H,4-5H2. The summed E-state index contributed by atoms with van der Waals surface area (Å²) in [6.45, 7) is -0.441. The van der Waals surface area contributed by atoms with Crippen LogP contribution < -0.4 is 5.32 Å². The van der Waals surface area contributed by atoms with Gasteiger partial charge in [-0.15, -0.1) is 0 Å². The Balaban J connectivity index is 2.76. The smallest absolute Gasteiger partial charge is 0.273 e. The molecule has 0 aliphatic heterocycles. The van der Waals surface area contributed by atoms with Crippen molar-refractivity contribution in [3.05, 3.63) is 38.3 Å². The van der Waals surface area contributed by atoms with Gasteiger partial charge in [0.05, 0.1) is 11.5 Å². The number of nitro groups is 1. The normalized spacial score (nSPS) is 10.8. The fourth-order valence-electron chi connectivity index (χ4n) is 1.19. The van der Waals surface area contributed by atoms with Gasteiger partial charge in [-0.25, -0.2) is 8.78 Å². The van der Waals surface area contributed by atoms with Crippen LogP contribution in [0.4, 0.5) is 14.5 Å². The number of nitrogens with one attached hydrogen (secondary N) is 1. The highest BCUT2D eigenvalue weighted by molar-refractivity contribution is 9.10. The van der Waals surface area contributed by atoms with Crippen molar-refractivity contribution in [1.82, 2.24) is 5.32 Å². The van der Waals surface area contributed by atoms with E-state index in [4.69, 9.17) is 0 Å². The predicted molar refractivity (Wildman–Crippen MR) is 58.5 cm³/mol. The molecule has 0 radical (unpaired) electrons. The largest absolute Gasteiger partial charge is 0.307 e. The Morgan fingerprint density at radius 3 is 2.75 bits per heavy atom. The predicted octanol–water partition coefficient (Wildman–Crippen LogP) is 2.71. The van der Waals surface area contributed by atoms with E-state index in [1.807, 2.05) is 0 Å². The molecule has 1 aromatic rings.